The van der Waals surface area contributed by atoms with Crippen LogP contribution in [0.1, 0.15) is 5.56 Å². The summed E-state index contributed by atoms with van der Waals surface area (Å²) in [5.74, 6) is 1.96. The van der Waals surface area contributed by atoms with Crippen LogP contribution in [0.5, 0.6) is 0 Å². The van der Waals surface area contributed by atoms with Crippen LogP contribution in [-0.4, -0.2) is 21.8 Å². The summed E-state index contributed by atoms with van der Waals surface area (Å²) < 4.78 is 0. The molecule has 3 heteroatoms. The number of nitrogen functional groups attached to an aromatic ring is 1. The van der Waals surface area contributed by atoms with Crippen molar-refractivity contribution in [2.75, 3.05) is 0 Å². The average Bonchev–Trinajstić information content (AvgIpc) is 2.64. The number of benzene rings is 3. The van der Waals surface area contributed by atoms with Crippen molar-refractivity contribution in [2.24, 2.45) is 5.73 Å². The first-order valence-corrected chi connectivity index (χ1v) is 8.98. The van der Waals surface area contributed by atoms with E-state index >= 15 is 0 Å². The molecular formula is C20H19N2Se. The quantitative estimate of drug-likeness (QED) is 0.400. The smallest absolute Gasteiger partial charge is 0.123 e. The van der Waals surface area contributed by atoms with Gasteiger partial charge < -0.3 is 5.73 Å². The molecule has 0 spiro atoms. The predicted molar refractivity (Wildman–Crippen MR) is 99.9 cm³/mol. The molecule has 0 fully saturated rings. The van der Waals surface area contributed by atoms with Crippen LogP contribution in [0.3, 0.4) is 0 Å². The maximum Gasteiger partial charge on any atom is 0.123 e. The minimum atomic E-state index is 0.0895. The molecule has 3 aromatic rings. The Morgan fingerprint density at radius 2 is 1.26 bits per heavy atom. The molecule has 115 valence electrons. The Balaban J connectivity index is 0.000000924. The third kappa shape index (κ3) is 3.89. The van der Waals surface area contributed by atoms with Crippen LogP contribution in [0.2, 0.25) is 5.82 Å². The van der Waals surface area contributed by atoms with Crippen LogP contribution < -0.4 is 5.73 Å². The molecule has 0 saturated carbocycles. The summed E-state index contributed by atoms with van der Waals surface area (Å²) in [5.41, 5.74) is 10.8. The zero-order chi connectivity index (χ0) is 16.7. The van der Waals surface area contributed by atoms with E-state index in [1.165, 1.54) is 0 Å². The number of hydrogen-bond donors (Lipinski definition) is 2. The number of amidine groups is 1. The SMILES string of the molecule is C[Se].N=C(N)c1cccc(-c2ccccc2)c1-c1ccccc1. The molecule has 0 amide bonds. The molecule has 0 saturated heterocycles. The van der Waals surface area contributed by atoms with E-state index in [4.69, 9.17) is 11.1 Å². The summed E-state index contributed by atoms with van der Waals surface area (Å²) in [4.78, 5) is 0. The molecule has 0 aliphatic heterocycles. The second-order valence-corrected chi connectivity index (χ2v) is 4.87. The van der Waals surface area contributed by atoms with Gasteiger partial charge in [-0.25, -0.2) is 0 Å². The van der Waals surface area contributed by atoms with Crippen LogP contribution in [0, 0.1) is 5.41 Å². The molecule has 0 aliphatic carbocycles. The molecule has 3 aromatic carbocycles. The summed E-state index contributed by atoms with van der Waals surface area (Å²) in [6, 6.07) is 26.2. The summed E-state index contributed by atoms with van der Waals surface area (Å²) in [6.07, 6.45) is 0. The number of nitrogens with one attached hydrogen (secondary N) is 1. The number of nitrogens with two attached hydrogens (primary N) is 1. The van der Waals surface area contributed by atoms with Gasteiger partial charge >= 0.3 is 21.8 Å². The average molecular weight is 366 g/mol. The van der Waals surface area contributed by atoms with Crippen LogP contribution in [-0.2, 0) is 0 Å². The Hall–Kier alpha value is -2.35. The number of rotatable bonds is 3. The van der Waals surface area contributed by atoms with Crippen molar-refractivity contribution < 1.29 is 0 Å². The fraction of sp³-hybridized carbons (Fsp3) is 0.0500. The summed E-state index contributed by atoms with van der Waals surface area (Å²) in [6.45, 7) is 0. The first-order valence-electron chi connectivity index (χ1n) is 7.26. The fourth-order valence-electron chi connectivity index (χ4n) is 2.55. The summed E-state index contributed by atoms with van der Waals surface area (Å²) >= 11 is 2.62. The van der Waals surface area contributed by atoms with Gasteiger partial charge in [-0.1, -0.05) is 78.9 Å². The van der Waals surface area contributed by atoms with E-state index in [-0.39, 0.29) is 5.84 Å². The van der Waals surface area contributed by atoms with Gasteiger partial charge in [-0.2, -0.15) is 0 Å². The first-order chi connectivity index (χ1) is 11.3. The van der Waals surface area contributed by atoms with Gasteiger partial charge in [0, 0.05) is 11.1 Å². The van der Waals surface area contributed by atoms with E-state index in [2.05, 4.69) is 34.2 Å². The second kappa shape index (κ2) is 8.33. The predicted octanol–water partition coefficient (Wildman–Crippen LogP) is 4.51. The van der Waals surface area contributed by atoms with Gasteiger partial charge in [0.25, 0.3) is 0 Å². The molecule has 0 aromatic heterocycles. The van der Waals surface area contributed by atoms with Gasteiger partial charge in [0.2, 0.25) is 0 Å². The fourth-order valence-corrected chi connectivity index (χ4v) is 2.55. The summed E-state index contributed by atoms with van der Waals surface area (Å²) in [7, 11) is 0. The van der Waals surface area contributed by atoms with Gasteiger partial charge in [-0.15, -0.1) is 0 Å². The molecule has 3 rings (SSSR count). The van der Waals surface area contributed by atoms with Crippen molar-refractivity contribution in [3.8, 4) is 22.3 Å². The molecule has 1 radical (unpaired) electrons. The Morgan fingerprint density at radius 3 is 1.78 bits per heavy atom. The van der Waals surface area contributed by atoms with Gasteiger partial charge in [0.1, 0.15) is 5.84 Å². The van der Waals surface area contributed by atoms with Crippen molar-refractivity contribution >= 4 is 21.8 Å². The van der Waals surface area contributed by atoms with Crippen molar-refractivity contribution in [3.63, 3.8) is 0 Å². The standard InChI is InChI=1S/C19H16N2.CH3Se/c20-19(21)17-13-7-12-16(14-8-3-1-4-9-14)18(17)15-10-5-2-6-11-15;1-2/h1-13H,(H3,20,21);1H3. The maximum atomic E-state index is 7.86. The zero-order valence-electron chi connectivity index (χ0n) is 13.0. The third-order valence-corrected chi connectivity index (χ3v) is 3.50. The van der Waals surface area contributed by atoms with Gasteiger partial charge in [-0.05, 0) is 16.7 Å². The minimum Gasteiger partial charge on any atom is -0.384 e. The maximum absolute atomic E-state index is 7.86. The van der Waals surface area contributed by atoms with E-state index in [0.717, 1.165) is 27.8 Å². The van der Waals surface area contributed by atoms with Crippen LogP contribution >= 0.6 is 0 Å². The van der Waals surface area contributed by atoms with E-state index in [1.54, 1.807) is 0 Å². The molecular weight excluding hydrogens is 347 g/mol. The van der Waals surface area contributed by atoms with Crippen LogP contribution in [0.25, 0.3) is 22.3 Å². The molecule has 0 heterocycles. The molecule has 0 aliphatic rings. The summed E-state index contributed by atoms with van der Waals surface area (Å²) in [5, 5.41) is 7.86. The molecule has 0 unspecified atom stereocenters. The first kappa shape index (κ1) is 17.0. The molecule has 2 nitrogen and oxygen atoms in total. The second-order valence-electron chi connectivity index (χ2n) is 4.87. The van der Waals surface area contributed by atoms with Crippen LogP contribution in [0.15, 0.2) is 78.9 Å². The molecule has 23 heavy (non-hydrogen) atoms. The third-order valence-electron chi connectivity index (χ3n) is 3.50. The van der Waals surface area contributed by atoms with Crippen molar-refractivity contribution in [1.82, 2.24) is 0 Å². The Labute approximate surface area is 145 Å². The van der Waals surface area contributed by atoms with Crippen molar-refractivity contribution in [2.45, 2.75) is 5.82 Å². The molecule has 0 atom stereocenters. The van der Waals surface area contributed by atoms with E-state index < -0.39 is 0 Å². The minimum absolute atomic E-state index is 0.0895. The Bertz CT molecular complexity index is 768. The molecule has 0 bridgehead atoms. The van der Waals surface area contributed by atoms with Gasteiger partial charge in [0.15, 0.2) is 0 Å². The molecule has 3 N–H and O–H groups in total. The monoisotopic (exact) mass is 367 g/mol. The van der Waals surface area contributed by atoms with Crippen LogP contribution in [0.4, 0.5) is 0 Å². The Kier molecular flexibility index (Phi) is 6.16. The Morgan fingerprint density at radius 1 is 0.739 bits per heavy atom. The zero-order valence-corrected chi connectivity index (χ0v) is 14.7. The number of hydrogen-bond acceptors (Lipinski definition) is 1. The van der Waals surface area contributed by atoms with E-state index in [0.29, 0.717) is 0 Å². The topological polar surface area (TPSA) is 49.9 Å². The van der Waals surface area contributed by atoms with Crippen molar-refractivity contribution in [3.05, 3.63) is 84.4 Å². The van der Waals surface area contributed by atoms with Gasteiger partial charge in [-0.3, -0.25) is 5.41 Å². The van der Waals surface area contributed by atoms with Crippen molar-refractivity contribution in [1.29, 1.82) is 5.41 Å². The van der Waals surface area contributed by atoms with Gasteiger partial charge in [0.05, 0.1) is 0 Å². The normalized spacial score (nSPS) is 9.65. The van der Waals surface area contributed by atoms with E-state index in [9.17, 15) is 0 Å². The largest absolute Gasteiger partial charge is 0.384 e. The van der Waals surface area contributed by atoms with E-state index in [1.807, 2.05) is 66.5 Å².